The smallest absolute Gasteiger partial charge is 0.328 e. The van der Waals surface area contributed by atoms with Crippen molar-refractivity contribution < 1.29 is 19.1 Å². The number of carbonyl (C=O) groups excluding carboxylic acids is 3. The van der Waals surface area contributed by atoms with E-state index in [1.807, 2.05) is 44.2 Å². The molecule has 1 amide bonds. The number of hydrogen-bond donors (Lipinski definition) is 1. The average molecular weight is 318 g/mol. The number of nitrogens with one attached hydrogen (secondary N) is 1. The van der Waals surface area contributed by atoms with Gasteiger partial charge in [-0.05, 0) is 17.9 Å². The molecule has 6 heteroatoms. The summed E-state index contributed by atoms with van der Waals surface area (Å²) in [6.45, 7) is 3.88. The van der Waals surface area contributed by atoms with Crippen LogP contribution in [0.5, 0.6) is 0 Å². The fraction of sp³-hybridized carbons (Fsp3) is 0.471. The van der Waals surface area contributed by atoms with E-state index in [1.165, 1.54) is 13.2 Å². The predicted molar refractivity (Wildman–Crippen MR) is 85.5 cm³/mol. The van der Waals surface area contributed by atoms with Gasteiger partial charge in [-0.15, -0.1) is 0 Å². The Morgan fingerprint density at radius 1 is 1.26 bits per heavy atom. The average Bonchev–Trinajstić information content (AvgIpc) is 2.53. The number of hydrogen-bond acceptors (Lipinski definition) is 5. The molecule has 1 aromatic carbocycles. The van der Waals surface area contributed by atoms with Gasteiger partial charge in [0.1, 0.15) is 12.1 Å². The van der Waals surface area contributed by atoms with Crippen LogP contribution in [0.1, 0.15) is 25.8 Å². The summed E-state index contributed by atoms with van der Waals surface area (Å²) in [5.74, 6) is -0.810. The Labute approximate surface area is 135 Å². The van der Waals surface area contributed by atoms with Gasteiger partial charge in [0.25, 0.3) is 0 Å². The first-order chi connectivity index (χ1) is 11.0. The Hall–Kier alpha value is -2.46. The highest BCUT2D eigenvalue weighted by Crippen LogP contribution is 2.09. The lowest BCUT2D eigenvalue weighted by molar-refractivity contribution is -0.145. The van der Waals surface area contributed by atoms with Crippen LogP contribution in [0, 0.1) is 5.92 Å². The minimum Gasteiger partial charge on any atom is -0.467 e. The molecule has 124 valence electrons. The van der Waals surface area contributed by atoms with Gasteiger partial charge >= 0.3 is 5.97 Å². The van der Waals surface area contributed by atoms with Gasteiger partial charge in [-0.3, -0.25) is 4.79 Å². The summed E-state index contributed by atoms with van der Waals surface area (Å²) in [6.07, 6.45) is 2.13. The van der Waals surface area contributed by atoms with Gasteiger partial charge in [0, 0.05) is 6.42 Å². The molecule has 0 heterocycles. The van der Waals surface area contributed by atoms with Crippen molar-refractivity contribution in [2.24, 2.45) is 10.9 Å². The minimum atomic E-state index is -0.922. The summed E-state index contributed by atoms with van der Waals surface area (Å²) < 4.78 is 4.71. The SMILES string of the molecule is COC(=O)[C@H](CC(C)C)NC(=O)[C@H](Cc1ccccc1)N=C=O. The van der Waals surface area contributed by atoms with Gasteiger partial charge < -0.3 is 10.1 Å². The summed E-state index contributed by atoms with van der Waals surface area (Å²) in [5.41, 5.74) is 0.866. The van der Waals surface area contributed by atoms with Crippen LogP contribution in [-0.4, -0.2) is 37.1 Å². The monoisotopic (exact) mass is 318 g/mol. The highest BCUT2D eigenvalue weighted by molar-refractivity contribution is 5.88. The predicted octanol–water partition coefficient (Wildman–Crippen LogP) is 1.64. The van der Waals surface area contributed by atoms with E-state index in [-0.39, 0.29) is 12.3 Å². The summed E-state index contributed by atoms with van der Waals surface area (Å²) in [5, 5.41) is 2.62. The number of amides is 1. The van der Waals surface area contributed by atoms with Crippen molar-refractivity contribution in [2.45, 2.75) is 38.8 Å². The first-order valence-electron chi connectivity index (χ1n) is 7.47. The zero-order valence-electron chi connectivity index (χ0n) is 13.6. The van der Waals surface area contributed by atoms with Crippen LogP contribution in [0.2, 0.25) is 0 Å². The number of benzene rings is 1. The van der Waals surface area contributed by atoms with Crippen molar-refractivity contribution in [1.82, 2.24) is 5.32 Å². The standard InChI is InChI=1S/C17H22N2O4/c1-12(2)9-15(17(22)23-3)19-16(21)14(18-11-20)10-13-7-5-4-6-8-13/h4-8,12,14-15H,9-10H2,1-3H3,(H,19,21)/t14-,15-/m0/s1. The molecule has 0 saturated heterocycles. The fourth-order valence-electron chi connectivity index (χ4n) is 2.19. The van der Waals surface area contributed by atoms with Gasteiger partial charge in [-0.2, -0.15) is 4.99 Å². The number of esters is 1. The van der Waals surface area contributed by atoms with Crippen LogP contribution in [0.4, 0.5) is 0 Å². The van der Waals surface area contributed by atoms with E-state index in [9.17, 15) is 14.4 Å². The highest BCUT2D eigenvalue weighted by atomic mass is 16.5. The van der Waals surface area contributed by atoms with Crippen LogP contribution >= 0.6 is 0 Å². The molecule has 0 unspecified atom stereocenters. The lowest BCUT2D eigenvalue weighted by Gasteiger charge is -2.20. The number of nitrogens with zero attached hydrogens (tertiary/aromatic N) is 1. The maximum atomic E-state index is 12.4. The Balaban J connectivity index is 2.83. The maximum Gasteiger partial charge on any atom is 0.328 e. The number of isocyanates is 1. The molecule has 0 saturated carbocycles. The molecular weight excluding hydrogens is 296 g/mol. The molecule has 0 aliphatic rings. The molecule has 0 aliphatic carbocycles. The number of rotatable bonds is 8. The molecule has 0 spiro atoms. The number of carbonyl (C=O) groups is 2. The van der Waals surface area contributed by atoms with Gasteiger partial charge in [0.2, 0.25) is 12.0 Å². The van der Waals surface area contributed by atoms with Crippen LogP contribution in [0.25, 0.3) is 0 Å². The minimum absolute atomic E-state index is 0.196. The fourth-order valence-corrected chi connectivity index (χ4v) is 2.19. The summed E-state index contributed by atoms with van der Waals surface area (Å²) in [4.78, 5) is 38.3. The number of methoxy groups -OCH3 is 1. The van der Waals surface area contributed by atoms with E-state index >= 15 is 0 Å². The van der Waals surface area contributed by atoms with Crippen molar-refractivity contribution in [3.05, 3.63) is 35.9 Å². The molecular formula is C17H22N2O4. The quantitative estimate of drug-likeness (QED) is 0.448. The third-order valence-electron chi connectivity index (χ3n) is 3.29. The molecule has 0 radical (unpaired) electrons. The molecule has 0 fully saturated rings. The molecule has 1 aromatic rings. The highest BCUT2D eigenvalue weighted by Gasteiger charge is 2.26. The van der Waals surface area contributed by atoms with Gasteiger partial charge in [-0.1, -0.05) is 44.2 Å². The van der Waals surface area contributed by atoms with Crippen molar-refractivity contribution in [2.75, 3.05) is 7.11 Å². The van der Waals surface area contributed by atoms with E-state index in [0.29, 0.717) is 6.42 Å². The molecule has 0 aliphatic heterocycles. The molecule has 2 atom stereocenters. The topological polar surface area (TPSA) is 84.8 Å². The summed E-state index contributed by atoms with van der Waals surface area (Å²) in [7, 11) is 1.27. The summed E-state index contributed by atoms with van der Waals surface area (Å²) >= 11 is 0. The van der Waals surface area contributed by atoms with Gasteiger partial charge in [0.05, 0.1) is 7.11 Å². The van der Waals surface area contributed by atoms with Gasteiger partial charge in [-0.25, -0.2) is 9.59 Å². The van der Waals surface area contributed by atoms with Crippen LogP contribution in [0.15, 0.2) is 35.3 Å². The molecule has 0 aromatic heterocycles. The second-order valence-electron chi connectivity index (χ2n) is 5.64. The van der Waals surface area contributed by atoms with Crippen molar-refractivity contribution in [3.8, 4) is 0 Å². The Morgan fingerprint density at radius 2 is 1.91 bits per heavy atom. The number of aliphatic imine (C=N–C) groups is 1. The van der Waals surface area contributed by atoms with Crippen LogP contribution in [-0.2, 0) is 25.5 Å². The first-order valence-corrected chi connectivity index (χ1v) is 7.47. The second kappa shape index (κ2) is 9.54. The lowest BCUT2D eigenvalue weighted by atomic mass is 10.0. The van der Waals surface area contributed by atoms with E-state index < -0.39 is 24.0 Å². The largest absolute Gasteiger partial charge is 0.467 e. The van der Waals surface area contributed by atoms with E-state index in [0.717, 1.165) is 5.56 Å². The zero-order chi connectivity index (χ0) is 17.2. The molecule has 0 bridgehead atoms. The first kappa shape index (κ1) is 18.6. The van der Waals surface area contributed by atoms with Crippen molar-refractivity contribution in [3.63, 3.8) is 0 Å². The number of ether oxygens (including phenoxy) is 1. The third kappa shape index (κ3) is 6.45. The summed E-state index contributed by atoms with van der Waals surface area (Å²) in [6, 6.07) is 7.54. The lowest BCUT2D eigenvalue weighted by Crippen LogP contribution is -2.46. The Morgan fingerprint density at radius 3 is 2.43 bits per heavy atom. The molecule has 1 N–H and O–H groups in total. The zero-order valence-corrected chi connectivity index (χ0v) is 13.6. The Bertz CT molecular complexity index is 565. The van der Waals surface area contributed by atoms with E-state index in [4.69, 9.17) is 4.74 Å². The van der Waals surface area contributed by atoms with Gasteiger partial charge in [0.15, 0.2) is 0 Å². The molecule has 6 nitrogen and oxygen atoms in total. The van der Waals surface area contributed by atoms with Crippen LogP contribution < -0.4 is 5.32 Å². The maximum absolute atomic E-state index is 12.4. The second-order valence-corrected chi connectivity index (χ2v) is 5.64. The van der Waals surface area contributed by atoms with Crippen molar-refractivity contribution in [1.29, 1.82) is 0 Å². The Kier molecular flexibility index (Phi) is 7.71. The normalized spacial score (nSPS) is 12.9. The van der Waals surface area contributed by atoms with Crippen molar-refractivity contribution >= 4 is 18.0 Å². The van der Waals surface area contributed by atoms with E-state index in [1.54, 1.807) is 0 Å². The third-order valence-corrected chi connectivity index (χ3v) is 3.29. The van der Waals surface area contributed by atoms with Crippen LogP contribution in [0.3, 0.4) is 0 Å². The molecule has 1 rings (SSSR count). The molecule has 23 heavy (non-hydrogen) atoms. The van der Waals surface area contributed by atoms with E-state index in [2.05, 4.69) is 10.3 Å².